The fourth-order valence-electron chi connectivity index (χ4n) is 2.70. The van der Waals surface area contributed by atoms with E-state index in [1.165, 1.54) is 9.21 Å². The minimum Gasteiger partial charge on any atom is -0.445 e. The molecule has 0 atom stereocenters. The van der Waals surface area contributed by atoms with Crippen LogP contribution < -0.4 is 0 Å². The number of piperazine rings is 1. The average Bonchev–Trinajstić information content (AvgIpc) is 2.67. The standard InChI is InChI=1S/C18H19BrN2O4S/c19-16-7-4-8-17(13-16)26(23,24)21-11-9-20(10-12-21)18(22)25-14-15-5-2-1-3-6-15/h1-8,13H,9-12,14H2. The Bertz CT molecular complexity index is 866. The summed E-state index contributed by atoms with van der Waals surface area (Å²) in [7, 11) is -3.56. The molecule has 1 aliphatic heterocycles. The van der Waals surface area contributed by atoms with Gasteiger partial charge in [-0.3, -0.25) is 0 Å². The maximum absolute atomic E-state index is 12.7. The van der Waals surface area contributed by atoms with Crippen LogP contribution in [-0.4, -0.2) is 49.9 Å². The van der Waals surface area contributed by atoms with E-state index in [1.54, 1.807) is 24.3 Å². The number of carbonyl (C=O) groups is 1. The number of sulfonamides is 1. The number of ether oxygens (including phenoxy) is 1. The molecule has 1 amide bonds. The lowest BCUT2D eigenvalue weighted by Crippen LogP contribution is -2.50. The van der Waals surface area contributed by atoms with Gasteiger partial charge in [-0.25, -0.2) is 13.2 Å². The molecule has 1 heterocycles. The van der Waals surface area contributed by atoms with Gasteiger partial charge in [0.25, 0.3) is 0 Å². The molecule has 0 aliphatic carbocycles. The SMILES string of the molecule is O=C(OCc1ccccc1)N1CCN(S(=O)(=O)c2cccc(Br)c2)CC1. The van der Waals surface area contributed by atoms with Crippen molar-refractivity contribution in [1.82, 2.24) is 9.21 Å². The van der Waals surface area contributed by atoms with Gasteiger partial charge in [-0.2, -0.15) is 4.31 Å². The van der Waals surface area contributed by atoms with Gasteiger partial charge in [0.05, 0.1) is 4.90 Å². The summed E-state index contributed by atoms with van der Waals surface area (Å²) in [5, 5.41) is 0. The maximum atomic E-state index is 12.7. The zero-order chi connectivity index (χ0) is 18.6. The van der Waals surface area contributed by atoms with Gasteiger partial charge in [-0.05, 0) is 23.8 Å². The largest absolute Gasteiger partial charge is 0.445 e. The van der Waals surface area contributed by atoms with Crippen molar-refractivity contribution in [3.8, 4) is 0 Å². The molecule has 0 saturated carbocycles. The summed E-state index contributed by atoms with van der Waals surface area (Å²) in [5.74, 6) is 0. The molecular weight excluding hydrogens is 420 g/mol. The first kappa shape index (κ1) is 18.9. The van der Waals surface area contributed by atoms with E-state index in [0.717, 1.165) is 5.56 Å². The number of amides is 1. The number of rotatable bonds is 4. The predicted octanol–water partition coefficient (Wildman–Crippen LogP) is 3.09. The molecule has 0 bridgehead atoms. The molecule has 0 unspecified atom stereocenters. The van der Waals surface area contributed by atoms with Crippen molar-refractivity contribution in [3.63, 3.8) is 0 Å². The van der Waals surface area contributed by atoms with Crippen LogP contribution in [0.1, 0.15) is 5.56 Å². The van der Waals surface area contributed by atoms with E-state index in [4.69, 9.17) is 4.74 Å². The van der Waals surface area contributed by atoms with Crippen molar-refractivity contribution in [2.24, 2.45) is 0 Å². The van der Waals surface area contributed by atoms with Crippen LogP contribution in [0.2, 0.25) is 0 Å². The predicted molar refractivity (Wildman–Crippen MR) is 101 cm³/mol. The van der Waals surface area contributed by atoms with Gasteiger partial charge in [0.15, 0.2) is 0 Å². The molecule has 0 aromatic heterocycles. The number of hydrogen-bond acceptors (Lipinski definition) is 4. The van der Waals surface area contributed by atoms with Crippen LogP contribution in [0, 0.1) is 0 Å². The van der Waals surface area contributed by atoms with Crippen molar-refractivity contribution >= 4 is 32.0 Å². The third-order valence-corrected chi connectivity index (χ3v) is 6.52. The van der Waals surface area contributed by atoms with Crippen LogP contribution in [0.3, 0.4) is 0 Å². The summed E-state index contributed by atoms with van der Waals surface area (Å²) < 4.78 is 32.8. The second-order valence-corrected chi connectivity index (χ2v) is 8.74. The minimum atomic E-state index is -3.56. The fourth-order valence-corrected chi connectivity index (χ4v) is 4.72. The number of hydrogen-bond donors (Lipinski definition) is 0. The molecule has 138 valence electrons. The Morgan fingerprint density at radius 2 is 1.69 bits per heavy atom. The van der Waals surface area contributed by atoms with Crippen molar-refractivity contribution in [2.45, 2.75) is 11.5 Å². The van der Waals surface area contributed by atoms with Gasteiger partial charge >= 0.3 is 6.09 Å². The van der Waals surface area contributed by atoms with Crippen LogP contribution in [0.5, 0.6) is 0 Å². The zero-order valence-electron chi connectivity index (χ0n) is 14.0. The first-order valence-corrected chi connectivity index (χ1v) is 10.4. The summed E-state index contributed by atoms with van der Waals surface area (Å²) in [6.07, 6.45) is -0.423. The number of carbonyl (C=O) groups excluding carboxylic acids is 1. The highest BCUT2D eigenvalue weighted by Gasteiger charge is 2.30. The highest BCUT2D eigenvalue weighted by atomic mass is 79.9. The van der Waals surface area contributed by atoms with Crippen molar-refractivity contribution in [2.75, 3.05) is 26.2 Å². The second kappa shape index (κ2) is 8.20. The Morgan fingerprint density at radius 3 is 2.35 bits per heavy atom. The highest BCUT2D eigenvalue weighted by Crippen LogP contribution is 2.21. The topological polar surface area (TPSA) is 66.9 Å². The summed E-state index contributed by atoms with van der Waals surface area (Å²) in [4.78, 5) is 14.0. The van der Waals surface area contributed by atoms with E-state index >= 15 is 0 Å². The van der Waals surface area contributed by atoms with Crippen LogP contribution in [0.15, 0.2) is 64.0 Å². The first-order chi connectivity index (χ1) is 12.5. The van der Waals surface area contributed by atoms with Crippen LogP contribution in [-0.2, 0) is 21.4 Å². The second-order valence-electron chi connectivity index (χ2n) is 5.89. The Hall–Kier alpha value is -1.90. The lowest BCUT2D eigenvalue weighted by molar-refractivity contribution is 0.0838. The Kier molecular flexibility index (Phi) is 5.95. The molecule has 26 heavy (non-hydrogen) atoms. The minimum absolute atomic E-state index is 0.205. The van der Waals surface area contributed by atoms with E-state index in [9.17, 15) is 13.2 Å². The van der Waals surface area contributed by atoms with Gasteiger partial charge < -0.3 is 9.64 Å². The van der Waals surface area contributed by atoms with E-state index in [1.807, 2.05) is 30.3 Å². The lowest BCUT2D eigenvalue weighted by Gasteiger charge is -2.33. The molecule has 8 heteroatoms. The number of nitrogens with zero attached hydrogens (tertiary/aromatic N) is 2. The maximum Gasteiger partial charge on any atom is 0.410 e. The Balaban J connectivity index is 1.56. The molecule has 0 spiro atoms. The van der Waals surface area contributed by atoms with Gasteiger partial charge in [0.1, 0.15) is 6.61 Å². The first-order valence-electron chi connectivity index (χ1n) is 8.18. The number of benzene rings is 2. The van der Waals surface area contributed by atoms with Crippen LogP contribution in [0.25, 0.3) is 0 Å². The van der Waals surface area contributed by atoms with Gasteiger partial charge in [-0.1, -0.05) is 52.3 Å². The van der Waals surface area contributed by atoms with Crippen molar-refractivity contribution < 1.29 is 17.9 Å². The summed E-state index contributed by atoms with van der Waals surface area (Å²) in [6, 6.07) is 16.1. The molecule has 0 N–H and O–H groups in total. The molecule has 2 aromatic carbocycles. The van der Waals surface area contributed by atoms with Gasteiger partial charge in [0.2, 0.25) is 10.0 Å². The quantitative estimate of drug-likeness (QED) is 0.735. The molecule has 0 radical (unpaired) electrons. The normalized spacial score (nSPS) is 15.7. The van der Waals surface area contributed by atoms with E-state index < -0.39 is 16.1 Å². The van der Waals surface area contributed by atoms with Gasteiger partial charge in [0, 0.05) is 30.7 Å². The Labute approximate surface area is 161 Å². The molecule has 1 fully saturated rings. The highest BCUT2D eigenvalue weighted by molar-refractivity contribution is 9.10. The van der Waals surface area contributed by atoms with E-state index in [2.05, 4.69) is 15.9 Å². The van der Waals surface area contributed by atoms with Crippen molar-refractivity contribution in [1.29, 1.82) is 0 Å². The van der Waals surface area contributed by atoms with Gasteiger partial charge in [-0.15, -0.1) is 0 Å². The smallest absolute Gasteiger partial charge is 0.410 e. The van der Waals surface area contributed by atoms with Crippen molar-refractivity contribution in [3.05, 3.63) is 64.6 Å². The molecule has 1 aliphatic rings. The molecule has 2 aromatic rings. The summed E-state index contributed by atoms with van der Waals surface area (Å²) in [5.41, 5.74) is 0.914. The number of halogens is 1. The molecule has 3 rings (SSSR count). The summed E-state index contributed by atoms with van der Waals surface area (Å²) >= 11 is 3.29. The zero-order valence-corrected chi connectivity index (χ0v) is 16.4. The molecule has 1 saturated heterocycles. The average molecular weight is 439 g/mol. The van der Waals surface area contributed by atoms with Crippen LogP contribution in [0.4, 0.5) is 4.79 Å². The third kappa shape index (κ3) is 4.44. The third-order valence-electron chi connectivity index (χ3n) is 4.14. The van der Waals surface area contributed by atoms with E-state index in [-0.39, 0.29) is 24.6 Å². The lowest BCUT2D eigenvalue weighted by atomic mass is 10.2. The Morgan fingerprint density at radius 1 is 1.00 bits per heavy atom. The molecule has 6 nitrogen and oxygen atoms in total. The molecular formula is C18H19BrN2O4S. The summed E-state index contributed by atoms with van der Waals surface area (Å²) in [6.45, 7) is 1.31. The van der Waals surface area contributed by atoms with Crippen LogP contribution >= 0.6 is 15.9 Å². The monoisotopic (exact) mass is 438 g/mol. The van der Waals surface area contributed by atoms with E-state index in [0.29, 0.717) is 17.6 Å². The fraction of sp³-hybridized carbons (Fsp3) is 0.278.